The van der Waals surface area contributed by atoms with Crippen LogP contribution in [0.4, 0.5) is 0 Å². The van der Waals surface area contributed by atoms with Crippen molar-refractivity contribution in [3.8, 4) is 0 Å². The number of unbranched alkanes of at least 4 members (excludes halogenated alkanes) is 22. The third kappa shape index (κ3) is 47.7. The van der Waals surface area contributed by atoms with Crippen molar-refractivity contribution < 1.29 is 28.6 Å². The molecule has 0 radical (unpaired) electrons. The molecule has 0 heterocycles. The Morgan fingerprint density at radius 3 is 1.05 bits per heavy atom. The minimum absolute atomic E-state index is 0.0905. The van der Waals surface area contributed by atoms with Crippen molar-refractivity contribution in [2.24, 2.45) is 0 Å². The molecule has 0 amide bonds. The number of carbonyl (C=O) groups is 3. The van der Waals surface area contributed by atoms with Crippen LogP contribution in [-0.4, -0.2) is 37.2 Å². The summed E-state index contributed by atoms with van der Waals surface area (Å²) in [4.78, 5) is 37.9. The quantitative estimate of drug-likeness (QED) is 0.0263. The molecule has 1 unspecified atom stereocenters. The molecule has 0 aromatic rings. The summed E-state index contributed by atoms with van der Waals surface area (Å²) in [6.45, 7) is 6.45. The van der Waals surface area contributed by atoms with E-state index in [1.54, 1.807) is 0 Å². The summed E-state index contributed by atoms with van der Waals surface area (Å²) in [5.74, 6) is -0.934. The van der Waals surface area contributed by atoms with E-state index in [2.05, 4.69) is 93.7 Å². The Morgan fingerprint density at radius 2 is 0.639 bits per heavy atom. The molecule has 0 saturated carbocycles. The molecule has 0 N–H and O–H groups in total. The summed E-state index contributed by atoms with van der Waals surface area (Å²) in [5, 5.41) is 0. The van der Waals surface area contributed by atoms with Crippen LogP contribution in [0.25, 0.3) is 0 Å². The molecule has 0 rings (SSSR count). The summed E-state index contributed by atoms with van der Waals surface area (Å²) in [5.41, 5.74) is 0. The Bertz CT molecular complexity index is 1160. The second-order valence-electron chi connectivity index (χ2n) is 16.7. The number of rotatable bonds is 45. The van der Waals surface area contributed by atoms with E-state index in [1.165, 1.54) is 96.3 Å². The van der Waals surface area contributed by atoms with Crippen LogP contribution in [-0.2, 0) is 28.6 Å². The van der Waals surface area contributed by atoms with E-state index in [1.807, 2.05) is 0 Å². The van der Waals surface area contributed by atoms with E-state index >= 15 is 0 Å². The van der Waals surface area contributed by atoms with Crippen molar-refractivity contribution in [3.05, 3.63) is 72.9 Å². The monoisotopic (exact) mass is 851 g/mol. The van der Waals surface area contributed by atoms with Gasteiger partial charge in [0, 0.05) is 19.3 Å². The molecule has 61 heavy (non-hydrogen) atoms. The molecule has 0 fully saturated rings. The molecule has 0 aromatic carbocycles. The van der Waals surface area contributed by atoms with Crippen molar-refractivity contribution >= 4 is 17.9 Å². The van der Waals surface area contributed by atoms with Crippen LogP contribution in [0, 0.1) is 0 Å². The topological polar surface area (TPSA) is 78.9 Å². The van der Waals surface area contributed by atoms with E-state index in [9.17, 15) is 14.4 Å². The highest BCUT2D eigenvalue weighted by Crippen LogP contribution is 2.14. The van der Waals surface area contributed by atoms with Crippen LogP contribution in [0.5, 0.6) is 0 Å². The Kier molecular flexibility index (Phi) is 46.9. The fourth-order valence-electron chi connectivity index (χ4n) is 6.87. The fraction of sp³-hybridized carbons (Fsp3) is 0.727. The first-order valence-corrected chi connectivity index (χ1v) is 25.4. The summed E-state index contributed by atoms with van der Waals surface area (Å²) < 4.78 is 16.7. The van der Waals surface area contributed by atoms with Gasteiger partial charge in [-0.25, -0.2) is 0 Å². The van der Waals surface area contributed by atoms with Crippen LogP contribution < -0.4 is 0 Å². The number of hydrogen-bond acceptors (Lipinski definition) is 6. The predicted molar refractivity (Wildman–Crippen MR) is 261 cm³/mol. The molecule has 0 spiro atoms. The highest BCUT2D eigenvalue weighted by molar-refractivity contribution is 5.71. The molecular formula is C55H94O6. The second-order valence-corrected chi connectivity index (χ2v) is 16.7. The normalized spacial score (nSPS) is 12.6. The number of ether oxygens (including phenoxy) is 3. The zero-order valence-electron chi connectivity index (χ0n) is 39.9. The summed E-state index contributed by atoms with van der Waals surface area (Å²) in [6, 6.07) is 0. The summed E-state index contributed by atoms with van der Waals surface area (Å²) in [6.07, 6.45) is 61.7. The van der Waals surface area contributed by atoms with Gasteiger partial charge >= 0.3 is 17.9 Å². The fourth-order valence-corrected chi connectivity index (χ4v) is 6.87. The van der Waals surface area contributed by atoms with Gasteiger partial charge in [-0.2, -0.15) is 0 Å². The minimum atomic E-state index is -0.793. The zero-order chi connectivity index (χ0) is 44.4. The molecule has 0 aromatic heterocycles. The van der Waals surface area contributed by atoms with E-state index in [-0.39, 0.29) is 31.1 Å². The maximum absolute atomic E-state index is 12.8. The third-order valence-electron chi connectivity index (χ3n) is 10.7. The lowest BCUT2D eigenvalue weighted by Gasteiger charge is -2.18. The Hall–Kier alpha value is -3.15. The lowest BCUT2D eigenvalue weighted by atomic mass is 10.1. The van der Waals surface area contributed by atoms with E-state index in [0.29, 0.717) is 19.3 Å². The summed E-state index contributed by atoms with van der Waals surface area (Å²) >= 11 is 0. The van der Waals surface area contributed by atoms with Crippen molar-refractivity contribution in [2.75, 3.05) is 13.2 Å². The molecule has 0 bridgehead atoms. The molecule has 0 aliphatic rings. The minimum Gasteiger partial charge on any atom is -0.462 e. The highest BCUT2D eigenvalue weighted by atomic mass is 16.6. The third-order valence-corrected chi connectivity index (χ3v) is 10.7. The first-order chi connectivity index (χ1) is 30.0. The maximum Gasteiger partial charge on any atom is 0.306 e. The smallest absolute Gasteiger partial charge is 0.306 e. The number of carbonyl (C=O) groups excluding carboxylic acids is 3. The first kappa shape index (κ1) is 57.9. The average molecular weight is 851 g/mol. The second kappa shape index (κ2) is 49.5. The van der Waals surface area contributed by atoms with E-state index < -0.39 is 6.10 Å². The van der Waals surface area contributed by atoms with Gasteiger partial charge in [0.1, 0.15) is 13.2 Å². The Balaban J connectivity index is 4.40. The van der Waals surface area contributed by atoms with Crippen molar-refractivity contribution in [2.45, 2.75) is 245 Å². The standard InChI is InChI=1S/C55H94O6/c1-4-7-10-13-16-19-22-24-25-26-27-28-29-31-33-36-39-42-45-48-54(57)60-51-52(50-59-53(56)47-44-41-38-35-32-21-18-15-12-9-6-3)61-55(58)49-46-43-40-37-34-30-23-20-17-14-11-8-5-2/h8,11,16-17,19-20,24-25,27-28,30,34,52H,4-7,9-10,12-15,18,21-23,26,29,31-33,35-51H2,1-3H3/b11-8-,19-16-,20-17-,25-24-,28-27-,34-30-. The van der Waals surface area contributed by atoms with Gasteiger partial charge in [0.05, 0.1) is 0 Å². The summed E-state index contributed by atoms with van der Waals surface area (Å²) in [7, 11) is 0. The van der Waals surface area contributed by atoms with Crippen LogP contribution >= 0.6 is 0 Å². The molecule has 6 nitrogen and oxygen atoms in total. The van der Waals surface area contributed by atoms with Gasteiger partial charge in [-0.1, -0.05) is 203 Å². The number of allylic oxidation sites excluding steroid dienone is 12. The van der Waals surface area contributed by atoms with E-state index in [0.717, 1.165) is 103 Å². The largest absolute Gasteiger partial charge is 0.462 e. The predicted octanol–water partition coefficient (Wildman–Crippen LogP) is 16.6. The van der Waals surface area contributed by atoms with Crippen LogP contribution in [0.1, 0.15) is 239 Å². The van der Waals surface area contributed by atoms with Gasteiger partial charge in [0.2, 0.25) is 0 Å². The van der Waals surface area contributed by atoms with Crippen LogP contribution in [0.3, 0.4) is 0 Å². The lowest BCUT2D eigenvalue weighted by Crippen LogP contribution is -2.30. The molecule has 0 saturated heterocycles. The van der Waals surface area contributed by atoms with Gasteiger partial charge in [-0.05, 0) is 89.9 Å². The molecule has 1 atom stereocenters. The van der Waals surface area contributed by atoms with Crippen molar-refractivity contribution in [3.63, 3.8) is 0 Å². The van der Waals surface area contributed by atoms with Crippen molar-refractivity contribution in [1.29, 1.82) is 0 Å². The van der Waals surface area contributed by atoms with Gasteiger partial charge in [-0.3, -0.25) is 14.4 Å². The van der Waals surface area contributed by atoms with Crippen molar-refractivity contribution in [1.82, 2.24) is 0 Å². The van der Waals surface area contributed by atoms with Gasteiger partial charge in [0.15, 0.2) is 6.10 Å². The first-order valence-electron chi connectivity index (χ1n) is 25.4. The zero-order valence-corrected chi connectivity index (χ0v) is 39.9. The molecular weight excluding hydrogens is 757 g/mol. The molecule has 0 aliphatic carbocycles. The maximum atomic E-state index is 12.8. The Morgan fingerprint density at radius 1 is 0.344 bits per heavy atom. The highest BCUT2D eigenvalue weighted by Gasteiger charge is 2.19. The van der Waals surface area contributed by atoms with Gasteiger partial charge in [0.25, 0.3) is 0 Å². The van der Waals surface area contributed by atoms with Gasteiger partial charge in [-0.15, -0.1) is 0 Å². The molecule has 0 aliphatic heterocycles. The Labute approximate surface area is 376 Å². The number of esters is 3. The number of hydrogen-bond donors (Lipinski definition) is 0. The van der Waals surface area contributed by atoms with Crippen LogP contribution in [0.2, 0.25) is 0 Å². The molecule has 6 heteroatoms. The average Bonchev–Trinajstić information content (AvgIpc) is 3.26. The van der Waals surface area contributed by atoms with E-state index in [4.69, 9.17) is 14.2 Å². The molecule has 350 valence electrons. The van der Waals surface area contributed by atoms with Crippen LogP contribution in [0.15, 0.2) is 72.9 Å². The van der Waals surface area contributed by atoms with Gasteiger partial charge < -0.3 is 14.2 Å². The SMILES string of the molecule is CC/C=C\C/C=C\C/C=C\CCCCCC(=O)OC(COC(=O)CCCCCCCC/C=C\C/C=C\C/C=C\CCCCC)COC(=O)CCCCCCCCCCCCC. The lowest BCUT2D eigenvalue weighted by molar-refractivity contribution is -0.167.